The first-order valence-electron chi connectivity index (χ1n) is 5.42. The average Bonchev–Trinajstić information content (AvgIpc) is 2.29. The zero-order chi connectivity index (χ0) is 11.4. The normalized spacial score (nSPS) is 20.8. The Labute approximate surface area is 108 Å². The summed E-state index contributed by atoms with van der Waals surface area (Å²) >= 11 is 5.16. The van der Waals surface area contributed by atoms with Crippen molar-refractivity contribution in [3.8, 4) is 0 Å². The number of aromatic nitrogens is 1. The van der Waals surface area contributed by atoms with Crippen LogP contribution in [0.3, 0.4) is 0 Å². The molecule has 88 valence electrons. The van der Waals surface area contributed by atoms with Gasteiger partial charge in [0.25, 0.3) is 0 Å². The molecule has 2 rings (SSSR count). The Bertz CT molecular complexity index is 356. The largest absolute Gasteiger partial charge is 0.367 e. The standard InChI is InChI=1S/C11H14BrFN2S/c12-8-5-10(13)11(14-6-8)15-7-9-3-1-2-4-16-9/h5-6,9H,1-4,7H2,(H,14,15). The van der Waals surface area contributed by atoms with E-state index in [-0.39, 0.29) is 5.82 Å². The van der Waals surface area contributed by atoms with Gasteiger partial charge in [-0.2, -0.15) is 11.8 Å². The van der Waals surface area contributed by atoms with Crippen LogP contribution in [0.4, 0.5) is 10.2 Å². The van der Waals surface area contributed by atoms with E-state index in [9.17, 15) is 4.39 Å². The number of nitrogens with zero attached hydrogens (tertiary/aromatic N) is 1. The fourth-order valence-electron chi connectivity index (χ4n) is 1.72. The third kappa shape index (κ3) is 3.35. The van der Waals surface area contributed by atoms with Crippen molar-refractivity contribution in [2.75, 3.05) is 17.6 Å². The second-order valence-electron chi connectivity index (χ2n) is 3.85. The summed E-state index contributed by atoms with van der Waals surface area (Å²) < 4.78 is 14.1. The van der Waals surface area contributed by atoms with Gasteiger partial charge in [0.05, 0.1) is 0 Å². The van der Waals surface area contributed by atoms with Crippen LogP contribution in [0.5, 0.6) is 0 Å². The van der Waals surface area contributed by atoms with Gasteiger partial charge >= 0.3 is 0 Å². The highest BCUT2D eigenvalue weighted by molar-refractivity contribution is 9.10. The Balaban J connectivity index is 1.88. The van der Waals surface area contributed by atoms with Gasteiger partial charge in [0.2, 0.25) is 0 Å². The molecule has 0 spiro atoms. The Morgan fingerprint density at radius 2 is 2.44 bits per heavy atom. The molecule has 2 heterocycles. The van der Waals surface area contributed by atoms with Crippen molar-refractivity contribution in [3.05, 3.63) is 22.6 Å². The van der Waals surface area contributed by atoms with Crippen molar-refractivity contribution < 1.29 is 4.39 Å². The van der Waals surface area contributed by atoms with Crippen LogP contribution in [0.15, 0.2) is 16.7 Å². The number of rotatable bonds is 3. The van der Waals surface area contributed by atoms with Gasteiger partial charge in [0, 0.05) is 22.5 Å². The van der Waals surface area contributed by atoms with Gasteiger partial charge in [-0.25, -0.2) is 9.37 Å². The molecule has 0 saturated carbocycles. The zero-order valence-electron chi connectivity index (χ0n) is 8.88. The lowest BCUT2D eigenvalue weighted by Gasteiger charge is -2.21. The number of hydrogen-bond acceptors (Lipinski definition) is 3. The van der Waals surface area contributed by atoms with Crippen molar-refractivity contribution in [1.82, 2.24) is 4.98 Å². The Morgan fingerprint density at radius 1 is 1.56 bits per heavy atom. The first-order valence-corrected chi connectivity index (χ1v) is 7.26. The summed E-state index contributed by atoms with van der Waals surface area (Å²) in [4.78, 5) is 4.02. The molecule has 1 atom stereocenters. The minimum Gasteiger partial charge on any atom is -0.367 e. The fraction of sp³-hybridized carbons (Fsp3) is 0.545. The number of anilines is 1. The fourth-order valence-corrected chi connectivity index (χ4v) is 3.27. The molecule has 2 nitrogen and oxygen atoms in total. The molecule has 0 aromatic carbocycles. The first-order chi connectivity index (χ1) is 7.75. The summed E-state index contributed by atoms with van der Waals surface area (Å²) in [6, 6.07) is 1.43. The summed E-state index contributed by atoms with van der Waals surface area (Å²) in [5, 5.41) is 3.68. The van der Waals surface area contributed by atoms with Crippen LogP contribution in [0.25, 0.3) is 0 Å². The van der Waals surface area contributed by atoms with Gasteiger partial charge in [-0.3, -0.25) is 0 Å². The number of hydrogen-bond donors (Lipinski definition) is 1. The van der Waals surface area contributed by atoms with Crippen LogP contribution >= 0.6 is 27.7 Å². The van der Waals surface area contributed by atoms with Crippen LogP contribution in [-0.4, -0.2) is 22.5 Å². The van der Waals surface area contributed by atoms with E-state index in [0.717, 1.165) is 6.54 Å². The topological polar surface area (TPSA) is 24.9 Å². The smallest absolute Gasteiger partial charge is 0.166 e. The molecule has 1 aliphatic rings. The van der Waals surface area contributed by atoms with Crippen molar-refractivity contribution in [2.45, 2.75) is 24.5 Å². The van der Waals surface area contributed by atoms with E-state index in [0.29, 0.717) is 15.5 Å². The van der Waals surface area contributed by atoms with E-state index in [4.69, 9.17) is 0 Å². The van der Waals surface area contributed by atoms with Crippen molar-refractivity contribution in [1.29, 1.82) is 0 Å². The van der Waals surface area contributed by atoms with Crippen LogP contribution in [-0.2, 0) is 0 Å². The van der Waals surface area contributed by atoms with Crippen molar-refractivity contribution in [2.24, 2.45) is 0 Å². The molecular weight excluding hydrogens is 291 g/mol. The van der Waals surface area contributed by atoms with Gasteiger partial charge < -0.3 is 5.32 Å². The predicted molar refractivity (Wildman–Crippen MR) is 70.5 cm³/mol. The highest BCUT2D eigenvalue weighted by Crippen LogP contribution is 2.25. The van der Waals surface area contributed by atoms with Crippen LogP contribution in [0, 0.1) is 5.82 Å². The molecule has 5 heteroatoms. The summed E-state index contributed by atoms with van der Waals surface area (Å²) in [5.41, 5.74) is 0. The first kappa shape index (κ1) is 12.2. The minimum absolute atomic E-state index is 0.296. The van der Waals surface area contributed by atoms with Crippen LogP contribution in [0.1, 0.15) is 19.3 Å². The van der Waals surface area contributed by atoms with E-state index in [2.05, 4.69) is 26.2 Å². The number of thioether (sulfide) groups is 1. The van der Waals surface area contributed by atoms with E-state index in [1.165, 1.54) is 31.1 Å². The van der Waals surface area contributed by atoms with E-state index in [1.807, 2.05) is 11.8 Å². The van der Waals surface area contributed by atoms with Crippen LogP contribution < -0.4 is 5.32 Å². The number of pyridine rings is 1. The zero-order valence-corrected chi connectivity index (χ0v) is 11.3. The monoisotopic (exact) mass is 304 g/mol. The van der Waals surface area contributed by atoms with Gasteiger partial charge in [-0.05, 0) is 40.6 Å². The van der Waals surface area contributed by atoms with E-state index < -0.39 is 0 Å². The van der Waals surface area contributed by atoms with E-state index >= 15 is 0 Å². The van der Waals surface area contributed by atoms with Gasteiger partial charge in [-0.1, -0.05) is 6.42 Å². The molecule has 1 saturated heterocycles. The van der Waals surface area contributed by atoms with Gasteiger partial charge in [-0.15, -0.1) is 0 Å². The molecule has 0 radical (unpaired) electrons. The minimum atomic E-state index is -0.296. The number of halogens is 2. The maximum atomic E-state index is 13.4. The van der Waals surface area contributed by atoms with Crippen molar-refractivity contribution in [3.63, 3.8) is 0 Å². The third-order valence-corrected chi connectivity index (χ3v) is 4.41. The average molecular weight is 305 g/mol. The molecule has 1 aromatic heterocycles. The highest BCUT2D eigenvalue weighted by Gasteiger charge is 2.14. The molecule has 1 aliphatic heterocycles. The lowest BCUT2D eigenvalue weighted by atomic mass is 10.2. The summed E-state index contributed by atoms with van der Waals surface area (Å²) in [5.74, 6) is 1.28. The summed E-state index contributed by atoms with van der Waals surface area (Å²) in [6.45, 7) is 0.802. The second-order valence-corrected chi connectivity index (χ2v) is 6.18. The molecule has 0 aliphatic carbocycles. The number of nitrogens with one attached hydrogen (secondary N) is 1. The third-order valence-electron chi connectivity index (χ3n) is 2.58. The lowest BCUT2D eigenvalue weighted by Crippen LogP contribution is -2.20. The maximum absolute atomic E-state index is 13.4. The van der Waals surface area contributed by atoms with Crippen molar-refractivity contribution >= 4 is 33.5 Å². The lowest BCUT2D eigenvalue weighted by molar-refractivity contribution is 0.620. The van der Waals surface area contributed by atoms with Gasteiger partial charge in [0.15, 0.2) is 11.6 Å². The Morgan fingerprint density at radius 3 is 3.12 bits per heavy atom. The Hall–Kier alpha value is -0.290. The summed E-state index contributed by atoms with van der Waals surface area (Å²) in [7, 11) is 0. The molecule has 1 unspecified atom stereocenters. The molecule has 1 fully saturated rings. The highest BCUT2D eigenvalue weighted by atomic mass is 79.9. The quantitative estimate of drug-likeness (QED) is 0.922. The van der Waals surface area contributed by atoms with Crippen LogP contribution in [0.2, 0.25) is 0 Å². The molecular formula is C11H14BrFN2S. The second kappa shape index (κ2) is 5.87. The van der Waals surface area contributed by atoms with E-state index in [1.54, 1.807) is 6.20 Å². The molecule has 1 aromatic rings. The van der Waals surface area contributed by atoms with Gasteiger partial charge in [0.1, 0.15) is 0 Å². The molecule has 1 N–H and O–H groups in total. The maximum Gasteiger partial charge on any atom is 0.166 e. The molecule has 0 bridgehead atoms. The predicted octanol–water partition coefficient (Wildman–Crippen LogP) is 3.68. The summed E-state index contributed by atoms with van der Waals surface area (Å²) in [6.07, 6.45) is 5.43. The molecule has 16 heavy (non-hydrogen) atoms. The molecule has 0 amide bonds. The SMILES string of the molecule is Fc1cc(Br)cnc1NCC1CCCCS1. The Kier molecular flexibility index (Phi) is 4.46.